The summed E-state index contributed by atoms with van der Waals surface area (Å²) in [6, 6.07) is 3.52. The first-order valence-electron chi connectivity index (χ1n) is 4.87. The molecular weight excluding hydrogens is 226 g/mol. The summed E-state index contributed by atoms with van der Waals surface area (Å²) in [6.45, 7) is 1.91. The molecule has 0 aliphatic heterocycles. The Hall–Kier alpha value is -1.39. The van der Waals surface area contributed by atoms with Crippen LogP contribution in [0.15, 0.2) is 18.3 Å². The van der Waals surface area contributed by atoms with Gasteiger partial charge in [0.2, 0.25) is 0 Å². The fourth-order valence-electron chi connectivity index (χ4n) is 1.62. The number of halogens is 1. The molecule has 0 bridgehead atoms. The van der Waals surface area contributed by atoms with Gasteiger partial charge < -0.3 is 10.5 Å². The third-order valence-electron chi connectivity index (χ3n) is 2.51. The van der Waals surface area contributed by atoms with E-state index in [9.17, 15) is 0 Å². The second-order valence-corrected chi connectivity index (χ2v) is 3.89. The van der Waals surface area contributed by atoms with Gasteiger partial charge in [0.25, 0.3) is 0 Å². The Labute approximate surface area is 98.4 Å². The Balaban J connectivity index is 2.77. The number of methoxy groups -OCH3 is 1. The molecule has 0 aliphatic rings. The summed E-state index contributed by atoms with van der Waals surface area (Å²) in [4.78, 5) is 8.45. The standard InChI is InChI=1S/C11H12ClN3O/c1-6(16-2)10-7(13)5-14-8-3-4-9(12)15-11(8)10/h3-6H,13H2,1-2H3. The number of nitrogen functional groups attached to an aromatic ring is 1. The molecular formula is C11H12ClN3O. The number of hydrogen-bond acceptors (Lipinski definition) is 4. The van der Waals surface area contributed by atoms with Gasteiger partial charge in [-0.2, -0.15) is 0 Å². The topological polar surface area (TPSA) is 61.0 Å². The number of rotatable bonds is 2. The van der Waals surface area contributed by atoms with Crippen molar-refractivity contribution in [2.75, 3.05) is 12.8 Å². The minimum Gasteiger partial charge on any atom is -0.397 e. The molecule has 16 heavy (non-hydrogen) atoms. The van der Waals surface area contributed by atoms with Crippen molar-refractivity contribution in [3.63, 3.8) is 0 Å². The second kappa shape index (κ2) is 4.23. The molecule has 0 saturated heterocycles. The lowest BCUT2D eigenvalue weighted by Gasteiger charge is -2.14. The smallest absolute Gasteiger partial charge is 0.129 e. The van der Waals surface area contributed by atoms with E-state index in [0.717, 1.165) is 11.1 Å². The van der Waals surface area contributed by atoms with Gasteiger partial charge in [0.15, 0.2) is 0 Å². The van der Waals surface area contributed by atoms with Crippen molar-refractivity contribution in [2.24, 2.45) is 0 Å². The lowest BCUT2D eigenvalue weighted by molar-refractivity contribution is 0.121. The number of aromatic nitrogens is 2. The van der Waals surface area contributed by atoms with Gasteiger partial charge in [0.05, 0.1) is 29.0 Å². The molecule has 2 N–H and O–H groups in total. The molecule has 0 spiro atoms. The molecule has 2 heterocycles. The first-order valence-corrected chi connectivity index (χ1v) is 5.24. The quantitative estimate of drug-likeness (QED) is 0.816. The SMILES string of the molecule is COC(C)c1c(N)cnc2ccc(Cl)nc12. The van der Waals surface area contributed by atoms with Crippen LogP contribution in [0.4, 0.5) is 5.69 Å². The molecule has 84 valence electrons. The molecule has 2 rings (SSSR count). The minimum absolute atomic E-state index is 0.142. The van der Waals surface area contributed by atoms with Crippen LogP contribution < -0.4 is 5.73 Å². The number of fused-ring (bicyclic) bond motifs is 1. The minimum atomic E-state index is -0.142. The second-order valence-electron chi connectivity index (χ2n) is 3.51. The summed E-state index contributed by atoms with van der Waals surface area (Å²) in [5.74, 6) is 0. The Morgan fingerprint density at radius 1 is 1.44 bits per heavy atom. The number of pyridine rings is 2. The lowest BCUT2D eigenvalue weighted by Crippen LogP contribution is -2.04. The van der Waals surface area contributed by atoms with Crippen LogP contribution in [0.5, 0.6) is 0 Å². The molecule has 0 amide bonds. The summed E-state index contributed by atoms with van der Waals surface area (Å²) >= 11 is 5.87. The molecule has 5 heteroatoms. The summed E-state index contributed by atoms with van der Waals surface area (Å²) < 4.78 is 5.27. The molecule has 0 aromatic carbocycles. The van der Waals surface area contributed by atoms with Crippen molar-refractivity contribution in [1.29, 1.82) is 0 Å². The lowest BCUT2D eigenvalue weighted by atomic mass is 10.1. The fraction of sp³-hybridized carbons (Fsp3) is 0.273. The van der Waals surface area contributed by atoms with Crippen molar-refractivity contribution in [3.8, 4) is 0 Å². The average Bonchev–Trinajstić information content (AvgIpc) is 2.28. The van der Waals surface area contributed by atoms with Gasteiger partial charge in [0.1, 0.15) is 5.15 Å². The Morgan fingerprint density at radius 3 is 2.88 bits per heavy atom. The zero-order chi connectivity index (χ0) is 11.7. The van der Waals surface area contributed by atoms with E-state index in [1.807, 2.05) is 13.0 Å². The molecule has 1 unspecified atom stereocenters. The predicted molar refractivity (Wildman–Crippen MR) is 64.4 cm³/mol. The van der Waals surface area contributed by atoms with Crippen molar-refractivity contribution >= 4 is 28.3 Å². The van der Waals surface area contributed by atoms with Crippen LogP contribution in [-0.4, -0.2) is 17.1 Å². The van der Waals surface area contributed by atoms with Gasteiger partial charge >= 0.3 is 0 Å². The highest BCUT2D eigenvalue weighted by molar-refractivity contribution is 6.29. The monoisotopic (exact) mass is 237 g/mol. The number of anilines is 1. The Morgan fingerprint density at radius 2 is 2.19 bits per heavy atom. The molecule has 0 radical (unpaired) electrons. The maximum Gasteiger partial charge on any atom is 0.129 e. The average molecular weight is 238 g/mol. The first-order chi connectivity index (χ1) is 7.63. The zero-order valence-corrected chi connectivity index (χ0v) is 9.82. The summed E-state index contributed by atoms with van der Waals surface area (Å²) in [6.07, 6.45) is 1.47. The fourth-order valence-corrected chi connectivity index (χ4v) is 1.77. The van der Waals surface area contributed by atoms with Crippen LogP contribution >= 0.6 is 11.6 Å². The molecule has 2 aromatic rings. The van der Waals surface area contributed by atoms with Crippen LogP contribution in [0, 0.1) is 0 Å². The van der Waals surface area contributed by atoms with Crippen molar-refractivity contribution < 1.29 is 4.74 Å². The van der Waals surface area contributed by atoms with Crippen molar-refractivity contribution in [3.05, 3.63) is 29.0 Å². The van der Waals surface area contributed by atoms with Crippen LogP contribution in [-0.2, 0) is 4.74 Å². The van der Waals surface area contributed by atoms with Crippen LogP contribution in [0.25, 0.3) is 11.0 Å². The van der Waals surface area contributed by atoms with E-state index in [4.69, 9.17) is 22.1 Å². The van der Waals surface area contributed by atoms with E-state index < -0.39 is 0 Å². The van der Waals surface area contributed by atoms with Gasteiger partial charge in [-0.1, -0.05) is 11.6 Å². The first kappa shape index (κ1) is 11.1. The van der Waals surface area contributed by atoms with Gasteiger partial charge in [0, 0.05) is 12.7 Å². The highest BCUT2D eigenvalue weighted by Gasteiger charge is 2.14. The predicted octanol–water partition coefficient (Wildman–Crippen LogP) is 2.57. The third kappa shape index (κ3) is 1.81. The van der Waals surface area contributed by atoms with Gasteiger partial charge in [-0.05, 0) is 19.1 Å². The Kier molecular flexibility index (Phi) is 2.94. The maximum absolute atomic E-state index is 5.89. The summed E-state index contributed by atoms with van der Waals surface area (Å²) in [5.41, 5.74) is 8.74. The van der Waals surface area contributed by atoms with Crippen LogP contribution in [0.3, 0.4) is 0 Å². The molecule has 0 aliphatic carbocycles. The van der Waals surface area contributed by atoms with E-state index in [0.29, 0.717) is 16.4 Å². The van der Waals surface area contributed by atoms with E-state index in [2.05, 4.69) is 9.97 Å². The number of hydrogen-bond donors (Lipinski definition) is 1. The van der Waals surface area contributed by atoms with Crippen LogP contribution in [0.1, 0.15) is 18.6 Å². The van der Waals surface area contributed by atoms with Gasteiger partial charge in [-0.3, -0.25) is 4.98 Å². The highest BCUT2D eigenvalue weighted by atomic mass is 35.5. The summed E-state index contributed by atoms with van der Waals surface area (Å²) in [5, 5.41) is 0.421. The number of nitrogens with two attached hydrogens (primary N) is 1. The molecule has 1 atom stereocenters. The molecule has 4 nitrogen and oxygen atoms in total. The highest BCUT2D eigenvalue weighted by Crippen LogP contribution is 2.29. The van der Waals surface area contributed by atoms with E-state index in [-0.39, 0.29) is 6.10 Å². The van der Waals surface area contributed by atoms with Gasteiger partial charge in [-0.15, -0.1) is 0 Å². The van der Waals surface area contributed by atoms with Crippen LogP contribution in [0.2, 0.25) is 5.15 Å². The van der Waals surface area contributed by atoms with Crippen molar-refractivity contribution in [1.82, 2.24) is 9.97 Å². The van der Waals surface area contributed by atoms with E-state index in [1.54, 1.807) is 19.4 Å². The zero-order valence-electron chi connectivity index (χ0n) is 9.07. The maximum atomic E-state index is 5.89. The summed E-state index contributed by atoms with van der Waals surface area (Å²) in [7, 11) is 1.63. The Bertz CT molecular complexity index is 525. The van der Waals surface area contributed by atoms with Gasteiger partial charge in [-0.25, -0.2) is 4.98 Å². The third-order valence-corrected chi connectivity index (χ3v) is 2.72. The number of nitrogens with zero attached hydrogens (tertiary/aromatic N) is 2. The largest absolute Gasteiger partial charge is 0.397 e. The van der Waals surface area contributed by atoms with E-state index in [1.165, 1.54) is 0 Å². The number of ether oxygens (including phenoxy) is 1. The normalized spacial score (nSPS) is 12.9. The molecule has 0 saturated carbocycles. The van der Waals surface area contributed by atoms with Crippen molar-refractivity contribution in [2.45, 2.75) is 13.0 Å². The molecule has 0 fully saturated rings. The molecule has 2 aromatic heterocycles. The van der Waals surface area contributed by atoms with E-state index >= 15 is 0 Å².